The Hall–Kier alpha value is -5.22. The third-order valence-corrected chi connectivity index (χ3v) is 7.44. The zero-order valence-electron chi connectivity index (χ0n) is 20.5. The highest BCUT2D eigenvalue weighted by Gasteiger charge is 2.17. The number of rotatable bonds is 3. The van der Waals surface area contributed by atoms with Gasteiger partial charge in [0.25, 0.3) is 0 Å². The SMILES string of the molecule is c1ccc(-n2ccc3ccc4c(ccc5c4c4ccccc4n5-c4cccc(-c5cccnc5)n4)c32)cc1. The maximum absolute atomic E-state index is 5.08. The van der Waals surface area contributed by atoms with Crippen molar-refractivity contribution in [1.29, 1.82) is 0 Å². The van der Waals surface area contributed by atoms with Crippen LogP contribution in [-0.2, 0) is 0 Å². The van der Waals surface area contributed by atoms with E-state index in [1.165, 1.54) is 32.4 Å². The van der Waals surface area contributed by atoms with E-state index in [9.17, 15) is 0 Å². The Balaban J connectivity index is 1.45. The van der Waals surface area contributed by atoms with Crippen molar-refractivity contribution in [2.24, 2.45) is 0 Å². The average molecular weight is 487 g/mol. The van der Waals surface area contributed by atoms with Crippen LogP contribution >= 0.6 is 0 Å². The summed E-state index contributed by atoms with van der Waals surface area (Å²) in [5.41, 5.74) is 6.59. The minimum Gasteiger partial charge on any atom is -0.316 e. The van der Waals surface area contributed by atoms with Gasteiger partial charge in [0.2, 0.25) is 0 Å². The van der Waals surface area contributed by atoms with Gasteiger partial charge < -0.3 is 4.57 Å². The summed E-state index contributed by atoms with van der Waals surface area (Å²) in [5, 5.41) is 6.18. The van der Waals surface area contributed by atoms with Gasteiger partial charge in [-0.25, -0.2) is 4.98 Å². The Labute approximate surface area is 219 Å². The van der Waals surface area contributed by atoms with E-state index < -0.39 is 0 Å². The molecular weight excluding hydrogens is 464 g/mol. The molecule has 0 amide bonds. The molecule has 0 fully saturated rings. The summed E-state index contributed by atoms with van der Waals surface area (Å²) in [6, 6.07) is 40.6. The third-order valence-electron chi connectivity index (χ3n) is 7.44. The molecule has 4 nitrogen and oxygen atoms in total. The number of hydrogen-bond acceptors (Lipinski definition) is 2. The van der Waals surface area contributed by atoms with Gasteiger partial charge in [0, 0.05) is 51.4 Å². The van der Waals surface area contributed by atoms with E-state index in [4.69, 9.17) is 4.98 Å². The molecule has 4 heteroatoms. The predicted molar refractivity (Wildman–Crippen MR) is 156 cm³/mol. The minimum atomic E-state index is 0.894. The number of hydrogen-bond donors (Lipinski definition) is 0. The largest absolute Gasteiger partial charge is 0.316 e. The minimum absolute atomic E-state index is 0.894. The smallest absolute Gasteiger partial charge is 0.138 e. The van der Waals surface area contributed by atoms with Gasteiger partial charge in [-0.1, -0.05) is 60.7 Å². The van der Waals surface area contributed by atoms with Crippen LogP contribution in [-0.4, -0.2) is 19.1 Å². The third kappa shape index (κ3) is 3.04. The lowest BCUT2D eigenvalue weighted by atomic mass is 10.0. The number of fused-ring (bicyclic) bond motifs is 7. The molecule has 0 aliphatic rings. The second kappa shape index (κ2) is 8.15. The fourth-order valence-corrected chi connectivity index (χ4v) is 5.78. The Morgan fingerprint density at radius 2 is 1.45 bits per heavy atom. The molecule has 0 saturated heterocycles. The highest BCUT2D eigenvalue weighted by Crippen LogP contribution is 2.39. The van der Waals surface area contributed by atoms with Gasteiger partial charge in [0.05, 0.1) is 22.2 Å². The van der Waals surface area contributed by atoms with E-state index in [-0.39, 0.29) is 0 Å². The lowest BCUT2D eigenvalue weighted by Crippen LogP contribution is -1.98. The van der Waals surface area contributed by atoms with Crippen molar-refractivity contribution in [3.05, 3.63) is 134 Å². The van der Waals surface area contributed by atoms with E-state index in [0.29, 0.717) is 0 Å². The molecule has 0 spiro atoms. The quantitative estimate of drug-likeness (QED) is 0.252. The van der Waals surface area contributed by atoms with Crippen molar-refractivity contribution in [2.45, 2.75) is 0 Å². The summed E-state index contributed by atoms with van der Waals surface area (Å²) < 4.78 is 4.58. The average Bonchev–Trinajstić information content (AvgIpc) is 3.58. The number of benzene rings is 4. The molecule has 38 heavy (non-hydrogen) atoms. The molecule has 0 aliphatic heterocycles. The summed E-state index contributed by atoms with van der Waals surface area (Å²) in [7, 11) is 0. The first-order valence-electron chi connectivity index (χ1n) is 12.8. The zero-order chi connectivity index (χ0) is 25.1. The summed E-state index contributed by atoms with van der Waals surface area (Å²) in [5.74, 6) is 0.894. The molecule has 8 aromatic rings. The molecule has 4 heterocycles. The van der Waals surface area contributed by atoms with Crippen molar-refractivity contribution < 1.29 is 0 Å². The Morgan fingerprint density at radius 3 is 2.34 bits per heavy atom. The van der Waals surface area contributed by atoms with Gasteiger partial charge in [-0.3, -0.25) is 9.55 Å². The fourth-order valence-electron chi connectivity index (χ4n) is 5.78. The molecule has 8 rings (SSSR count). The van der Waals surface area contributed by atoms with Gasteiger partial charge in [-0.2, -0.15) is 0 Å². The van der Waals surface area contributed by atoms with E-state index >= 15 is 0 Å². The first-order chi connectivity index (χ1) is 18.9. The molecule has 0 saturated carbocycles. The van der Waals surface area contributed by atoms with E-state index in [2.05, 4.69) is 117 Å². The standard InChI is InChI=1S/C34H22N4/c1-2-9-25(10-3-1)37-21-19-23-15-16-26-27(34(23)37)17-18-31-33(26)28-11-4-5-13-30(28)38(31)32-14-6-12-29(36-32)24-8-7-20-35-22-24/h1-22H. The Bertz CT molecular complexity index is 2120. The molecule has 0 N–H and O–H groups in total. The van der Waals surface area contributed by atoms with Gasteiger partial charge in [0.1, 0.15) is 5.82 Å². The van der Waals surface area contributed by atoms with Gasteiger partial charge in [0.15, 0.2) is 0 Å². The van der Waals surface area contributed by atoms with Crippen LogP contribution < -0.4 is 0 Å². The second-order valence-corrected chi connectivity index (χ2v) is 9.55. The summed E-state index contributed by atoms with van der Waals surface area (Å²) in [4.78, 5) is 9.37. The number of pyridine rings is 2. The van der Waals surface area contributed by atoms with Crippen LogP contribution in [0.3, 0.4) is 0 Å². The maximum atomic E-state index is 5.08. The van der Waals surface area contributed by atoms with Crippen LogP contribution in [0.15, 0.2) is 134 Å². The van der Waals surface area contributed by atoms with Crippen molar-refractivity contribution in [2.75, 3.05) is 0 Å². The van der Waals surface area contributed by atoms with Gasteiger partial charge in [-0.05, 0) is 60.0 Å². The van der Waals surface area contributed by atoms with Crippen LogP contribution in [0, 0.1) is 0 Å². The van der Waals surface area contributed by atoms with E-state index in [1.807, 2.05) is 24.4 Å². The van der Waals surface area contributed by atoms with Crippen LogP contribution in [0.25, 0.3) is 66.2 Å². The highest BCUT2D eigenvalue weighted by atomic mass is 15.1. The number of para-hydroxylation sites is 2. The number of nitrogens with zero attached hydrogens (tertiary/aromatic N) is 4. The monoisotopic (exact) mass is 486 g/mol. The van der Waals surface area contributed by atoms with Crippen LogP contribution in [0.2, 0.25) is 0 Å². The molecular formula is C34H22N4. The molecule has 0 unspecified atom stereocenters. The van der Waals surface area contributed by atoms with E-state index in [0.717, 1.165) is 33.8 Å². The Kier molecular flexibility index (Phi) is 4.49. The summed E-state index contributed by atoms with van der Waals surface area (Å²) in [6.45, 7) is 0. The predicted octanol–water partition coefficient (Wildman–Crippen LogP) is 8.34. The molecule has 178 valence electrons. The van der Waals surface area contributed by atoms with E-state index in [1.54, 1.807) is 6.20 Å². The molecule has 4 aromatic carbocycles. The molecule has 0 atom stereocenters. The lowest BCUT2D eigenvalue weighted by molar-refractivity contribution is 1.08. The highest BCUT2D eigenvalue weighted by molar-refractivity contribution is 6.25. The normalized spacial score (nSPS) is 11.7. The van der Waals surface area contributed by atoms with Crippen molar-refractivity contribution >= 4 is 43.5 Å². The molecule has 0 radical (unpaired) electrons. The summed E-state index contributed by atoms with van der Waals surface area (Å²) >= 11 is 0. The second-order valence-electron chi connectivity index (χ2n) is 9.55. The maximum Gasteiger partial charge on any atom is 0.138 e. The molecule has 0 aliphatic carbocycles. The number of aromatic nitrogens is 4. The lowest BCUT2D eigenvalue weighted by Gasteiger charge is -2.11. The molecule has 4 aromatic heterocycles. The Morgan fingerprint density at radius 1 is 0.579 bits per heavy atom. The first-order valence-corrected chi connectivity index (χ1v) is 12.8. The van der Waals surface area contributed by atoms with Gasteiger partial charge >= 0.3 is 0 Å². The van der Waals surface area contributed by atoms with Gasteiger partial charge in [-0.15, -0.1) is 0 Å². The van der Waals surface area contributed by atoms with Crippen molar-refractivity contribution in [3.63, 3.8) is 0 Å². The van der Waals surface area contributed by atoms with Crippen LogP contribution in [0.4, 0.5) is 0 Å². The van der Waals surface area contributed by atoms with Crippen molar-refractivity contribution in [3.8, 4) is 22.8 Å². The van der Waals surface area contributed by atoms with Crippen LogP contribution in [0.5, 0.6) is 0 Å². The first kappa shape index (κ1) is 20.9. The van der Waals surface area contributed by atoms with Crippen LogP contribution in [0.1, 0.15) is 0 Å². The fraction of sp³-hybridized carbons (Fsp3) is 0. The zero-order valence-corrected chi connectivity index (χ0v) is 20.5. The summed E-state index contributed by atoms with van der Waals surface area (Å²) in [6.07, 6.45) is 5.82. The topological polar surface area (TPSA) is 35.6 Å². The van der Waals surface area contributed by atoms with Crippen molar-refractivity contribution in [1.82, 2.24) is 19.1 Å². The molecule has 0 bridgehead atoms.